The minimum Gasteiger partial charge on any atom is -0.350 e. The van der Waals surface area contributed by atoms with E-state index in [4.69, 9.17) is 0 Å². The van der Waals surface area contributed by atoms with Gasteiger partial charge in [-0.05, 0) is 54.6 Å². The topological polar surface area (TPSA) is 91.8 Å². The first-order chi connectivity index (χ1) is 13.7. The summed E-state index contributed by atoms with van der Waals surface area (Å²) in [5.74, 6) is -0.367. The van der Waals surface area contributed by atoms with E-state index in [9.17, 15) is 9.59 Å². The highest BCUT2D eigenvalue weighted by Crippen LogP contribution is 2.11. The van der Waals surface area contributed by atoms with Crippen LogP contribution >= 0.6 is 0 Å². The molecule has 0 unspecified atom stereocenters. The van der Waals surface area contributed by atoms with E-state index in [0.717, 1.165) is 16.7 Å². The molecule has 7 nitrogen and oxygen atoms in total. The Morgan fingerprint density at radius 2 is 1.54 bits per heavy atom. The molecule has 28 heavy (non-hydrogen) atoms. The number of carbonyl (C=O) groups excluding carboxylic acids is 2. The summed E-state index contributed by atoms with van der Waals surface area (Å²) in [6, 6.07) is 16.5. The number of imidazole rings is 1. The molecule has 0 saturated heterocycles. The van der Waals surface area contributed by atoms with Crippen LogP contribution in [0.15, 0.2) is 73.3 Å². The number of hydrogen-bond donors (Lipinski definition) is 3. The maximum Gasteiger partial charge on any atom is 0.251 e. The maximum absolute atomic E-state index is 12.2. The van der Waals surface area contributed by atoms with Crippen molar-refractivity contribution in [2.75, 3.05) is 13.1 Å². The maximum atomic E-state index is 12.2. The third-order valence-corrected chi connectivity index (χ3v) is 4.41. The molecule has 4 aromatic rings. The van der Waals surface area contributed by atoms with Gasteiger partial charge in [-0.15, -0.1) is 0 Å². The van der Waals surface area contributed by atoms with Gasteiger partial charge in [0, 0.05) is 42.3 Å². The largest absolute Gasteiger partial charge is 0.350 e. The second kappa shape index (κ2) is 7.79. The Hall–Kier alpha value is -3.87. The van der Waals surface area contributed by atoms with Gasteiger partial charge in [-0.25, -0.2) is 4.98 Å². The normalized spacial score (nSPS) is 10.7. The van der Waals surface area contributed by atoms with E-state index in [-0.39, 0.29) is 11.8 Å². The van der Waals surface area contributed by atoms with Crippen LogP contribution in [0, 0.1) is 0 Å². The lowest BCUT2D eigenvalue weighted by Crippen LogP contribution is -2.34. The van der Waals surface area contributed by atoms with Crippen LogP contribution in [0.4, 0.5) is 0 Å². The van der Waals surface area contributed by atoms with Gasteiger partial charge in [-0.2, -0.15) is 0 Å². The lowest BCUT2D eigenvalue weighted by molar-refractivity contribution is 0.0928. The summed E-state index contributed by atoms with van der Waals surface area (Å²) in [4.78, 5) is 31.6. The van der Waals surface area contributed by atoms with E-state index in [2.05, 4.69) is 20.6 Å². The van der Waals surface area contributed by atoms with E-state index in [1.807, 2.05) is 41.2 Å². The van der Waals surface area contributed by atoms with E-state index < -0.39 is 0 Å². The molecule has 0 aliphatic carbocycles. The van der Waals surface area contributed by atoms with E-state index in [1.54, 1.807) is 36.7 Å². The molecular formula is C21H19N5O2. The Labute approximate surface area is 161 Å². The van der Waals surface area contributed by atoms with Crippen molar-refractivity contribution in [3.05, 3.63) is 84.4 Å². The smallest absolute Gasteiger partial charge is 0.251 e. The Bertz CT molecular complexity index is 1100. The highest BCUT2D eigenvalue weighted by atomic mass is 16.2. The number of H-pyrrole nitrogens is 1. The number of aromatic amines is 1. The van der Waals surface area contributed by atoms with Crippen LogP contribution in [0.2, 0.25) is 0 Å². The minimum atomic E-state index is -0.193. The highest BCUT2D eigenvalue weighted by molar-refractivity contribution is 5.97. The van der Waals surface area contributed by atoms with Crippen LogP contribution in [0.3, 0.4) is 0 Å². The van der Waals surface area contributed by atoms with Gasteiger partial charge in [0.05, 0.1) is 17.4 Å². The third-order valence-electron chi connectivity index (χ3n) is 4.41. The zero-order chi connectivity index (χ0) is 19.3. The molecule has 7 heteroatoms. The standard InChI is InChI=1S/C21H19N5O2/c27-20(15-3-6-17(7-4-15)26-11-1-2-12-26)22-9-10-23-21(28)16-5-8-18-19(13-16)25-14-24-18/h1-8,11-14H,9-10H2,(H,22,27)(H,23,28)(H,24,25). The van der Waals surface area contributed by atoms with Crippen LogP contribution in [0.1, 0.15) is 20.7 Å². The van der Waals surface area contributed by atoms with Crippen LogP contribution in [0.5, 0.6) is 0 Å². The summed E-state index contributed by atoms with van der Waals surface area (Å²) in [7, 11) is 0. The quantitative estimate of drug-likeness (QED) is 0.454. The number of fused-ring (bicyclic) bond motifs is 1. The minimum absolute atomic E-state index is 0.174. The molecule has 0 aliphatic heterocycles. The van der Waals surface area contributed by atoms with Gasteiger partial charge in [0.2, 0.25) is 0 Å². The van der Waals surface area contributed by atoms with Crippen LogP contribution in [-0.2, 0) is 0 Å². The van der Waals surface area contributed by atoms with Crippen molar-refractivity contribution in [1.29, 1.82) is 0 Å². The summed E-state index contributed by atoms with van der Waals surface area (Å²) in [6.07, 6.45) is 5.48. The number of carbonyl (C=O) groups is 2. The molecule has 0 saturated carbocycles. The van der Waals surface area contributed by atoms with Crippen molar-refractivity contribution in [1.82, 2.24) is 25.2 Å². The molecule has 0 aliphatic rings. The lowest BCUT2D eigenvalue weighted by Gasteiger charge is -2.08. The van der Waals surface area contributed by atoms with E-state index in [0.29, 0.717) is 24.2 Å². The molecule has 4 rings (SSSR count). The highest BCUT2D eigenvalue weighted by Gasteiger charge is 2.08. The molecule has 0 fully saturated rings. The zero-order valence-electron chi connectivity index (χ0n) is 15.1. The summed E-state index contributed by atoms with van der Waals surface area (Å²) in [5, 5.41) is 5.61. The Kier molecular flexibility index (Phi) is 4.88. The molecule has 0 bridgehead atoms. The first-order valence-corrected chi connectivity index (χ1v) is 8.94. The van der Waals surface area contributed by atoms with Crippen LogP contribution in [-0.4, -0.2) is 39.4 Å². The zero-order valence-corrected chi connectivity index (χ0v) is 15.1. The molecule has 0 atom stereocenters. The van der Waals surface area contributed by atoms with Gasteiger partial charge in [-0.1, -0.05) is 0 Å². The van der Waals surface area contributed by atoms with Crippen LogP contribution in [0.25, 0.3) is 16.7 Å². The fraction of sp³-hybridized carbons (Fsp3) is 0.0952. The molecule has 0 radical (unpaired) electrons. The van der Waals surface area contributed by atoms with Gasteiger partial charge in [-0.3, -0.25) is 9.59 Å². The van der Waals surface area contributed by atoms with Crippen molar-refractivity contribution in [3.63, 3.8) is 0 Å². The number of hydrogen-bond acceptors (Lipinski definition) is 3. The molecule has 2 aromatic carbocycles. The third kappa shape index (κ3) is 3.78. The molecule has 2 aromatic heterocycles. The number of amides is 2. The molecule has 2 amide bonds. The summed E-state index contributed by atoms with van der Waals surface area (Å²) < 4.78 is 1.97. The average Bonchev–Trinajstić information content (AvgIpc) is 3.42. The van der Waals surface area contributed by atoms with Gasteiger partial charge in [0.25, 0.3) is 11.8 Å². The van der Waals surface area contributed by atoms with E-state index >= 15 is 0 Å². The second-order valence-corrected chi connectivity index (χ2v) is 6.28. The number of rotatable bonds is 6. The molecule has 140 valence electrons. The SMILES string of the molecule is O=C(NCCNC(=O)c1ccc2nc[nH]c2c1)c1ccc(-n2cccc2)cc1. The lowest BCUT2D eigenvalue weighted by atomic mass is 10.2. The van der Waals surface area contributed by atoms with E-state index in [1.165, 1.54) is 0 Å². The molecule has 2 heterocycles. The molecule has 3 N–H and O–H groups in total. The van der Waals surface area contributed by atoms with Gasteiger partial charge in [0.1, 0.15) is 0 Å². The predicted molar refractivity (Wildman–Crippen MR) is 107 cm³/mol. The van der Waals surface area contributed by atoms with Gasteiger partial charge >= 0.3 is 0 Å². The van der Waals surface area contributed by atoms with Crippen LogP contribution < -0.4 is 10.6 Å². The molecular weight excluding hydrogens is 354 g/mol. The summed E-state index contributed by atoms with van der Waals surface area (Å²) in [6.45, 7) is 0.684. The first kappa shape index (κ1) is 17.5. The first-order valence-electron chi connectivity index (χ1n) is 8.94. The number of benzene rings is 2. The fourth-order valence-electron chi connectivity index (χ4n) is 2.92. The Morgan fingerprint density at radius 3 is 2.25 bits per heavy atom. The second-order valence-electron chi connectivity index (χ2n) is 6.28. The fourth-order valence-corrected chi connectivity index (χ4v) is 2.92. The van der Waals surface area contributed by atoms with Gasteiger partial charge in [0.15, 0.2) is 0 Å². The van der Waals surface area contributed by atoms with Crippen molar-refractivity contribution < 1.29 is 9.59 Å². The summed E-state index contributed by atoms with van der Waals surface area (Å²) in [5.41, 5.74) is 3.73. The van der Waals surface area contributed by atoms with Gasteiger partial charge < -0.3 is 20.2 Å². The van der Waals surface area contributed by atoms with Crippen molar-refractivity contribution >= 4 is 22.8 Å². The molecule has 0 spiro atoms. The van der Waals surface area contributed by atoms with Crippen molar-refractivity contribution in [2.24, 2.45) is 0 Å². The Morgan fingerprint density at radius 1 is 0.893 bits per heavy atom. The monoisotopic (exact) mass is 373 g/mol. The predicted octanol–water partition coefficient (Wildman–Crippen LogP) is 2.51. The Balaban J connectivity index is 1.26. The van der Waals surface area contributed by atoms with Crippen molar-refractivity contribution in [2.45, 2.75) is 0 Å². The average molecular weight is 373 g/mol. The summed E-state index contributed by atoms with van der Waals surface area (Å²) >= 11 is 0. The number of nitrogens with one attached hydrogen (secondary N) is 3. The number of nitrogens with zero attached hydrogens (tertiary/aromatic N) is 2. The van der Waals surface area contributed by atoms with Crippen molar-refractivity contribution in [3.8, 4) is 5.69 Å². The number of aromatic nitrogens is 3.